The van der Waals surface area contributed by atoms with Crippen LogP contribution >= 0.6 is 15.9 Å². The highest BCUT2D eigenvalue weighted by atomic mass is 79.9. The van der Waals surface area contributed by atoms with Crippen molar-refractivity contribution in [2.45, 2.75) is 84.0 Å². The normalized spacial score (nSPS) is 32.5. The van der Waals surface area contributed by atoms with Gasteiger partial charge >= 0.3 is 0 Å². The van der Waals surface area contributed by atoms with Gasteiger partial charge in [0.1, 0.15) is 0 Å². The Balaban J connectivity index is 1.46. The minimum absolute atomic E-state index is 0.722. The molecular formula is C23H35Br. The van der Waals surface area contributed by atoms with E-state index in [0.717, 1.165) is 29.6 Å². The zero-order valence-corrected chi connectivity index (χ0v) is 17.2. The molecule has 1 unspecified atom stereocenters. The van der Waals surface area contributed by atoms with Crippen molar-refractivity contribution in [1.29, 1.82) is 0 Å². The Morgan fingerprint density at radius 3 is 1.96 bits per heavy atom. The molecule has 0 amide bonds. The molecule has 1 heteroatoms. The van der Waals surface area contributed by atoms with E-state index in [-0.39, 0.29) is 0 Å². The third-order valence-corrected chi connectivity index (χ3v) is 7.70. The van der Waals surface area contributed by atoms with Crippen LogP contribution in [-0.2, 0) is 0 Å². The van der Waals surface area contributed by atoms with E-state index < -0.39 is 0 Å². The second kappa shape index (κ2) is 8.88. The molecule has 2 fully saturated rings. The fraction of sp³-hybridized carbons (Fsp3) is 0.739. The van der Waals surface area contributed by atoms with Crippen molar-refractivity contribution in [2.75, 3.05) is 0 Å². The maximum atomic E-state index is 3.56. The van der Waals surface area contributed by atoms with Gasteiger partial charge in [-0.05, 0) is 85.8 Å². The standard InChI is InChI=1S/C23H35Br/c1-3-4-18-5-7-21(8-6-18)22-11-9-19(10-12-22)17(2)20-13-15-23(24)16-14-20/h13-19,21-22H,3-12H2,1-2H3. The van der Waals surface area contributed by atoms with Crippen LogP contribution in [0.15, 0.2) is 28.7 Å². The number of hydrogen-bond donors (Lipinski definition) is 0. The van der Waals surface area contributed by atoms with E-state index in [1.807, 2.05) is 0 Å². The van der Waals surface area contributed by atoms with Crippen LogP contribution in [0.2, 0.25) is 0 Å². The minimum atomic E-state index is 0.722. The largest absolute Gasteiger partial charge is 0.0654 e. The maximum Gasteiger partial charge on any atom is 0.0175 e. The van der Waals surface area contributed by atoms with Gasteiger partial charge in [0.2, 0.25) is 0 Å². The van der Waals surface area contributed by atoms with E-state index in [2.05, 4.69) is 54.0 Å². The van der Waals surface area contributed by atoms with Crippen LogP contribution in [-0.4, -0.2) is 0 Å². The molecule has 0 saturated heterocycles. The van der Waals surface area contributed by atoms with Crippen LogP contribution in [0.3, 0.4) is 0 Å². The van der Waals surface area contributed by atoms with Crippen molar-refractivity contribution in [3.63, 3.8) is 0 Å². The summed E-state index contributed by atoms with van der Waals surface area (Å²) < 4.78 is 1.20. The second-order valence-corrected chi connectivity index (χ2v) is 9.50. The molecule has 0 heterocycles. The lowest BCUT2D eigenvalue weighted by atomic mass is 9.66. The molecule has 2 aliphatic rings. The van der Waals surface area contributed by atoms with Gasteiger partial charge in [-0.1, -0.05) is 67.6 Å². The molecule has 0 bridgehead atoms. The average molecular weight is 391 g/mol. The molecule has 0 radical (unpaired) electrons. The summed E-state index contributed by atoms with van der Waals surface area (Å²) in [4.78, 5) is 0. The zero-order chi connectivity index (χ0) is 16.9. The van der Waals surface area contributed by atoms with Gasteiger partial charge in [0, 0.05) is 4.47 Å². The van der Waals surface area contributed by atoms with Gasteiger partial charge in [0.05, 0.1) is 0 Å². The lowest BCUT2D eigenvalue weighted by molar-refractivity contribution is 0.137. The summed E-state index contributed by atoms with van der Waals surface area (Å²) in [5.74, 6) is 4.78. The van der Waals surface area contributed by atoms with Crippen LogP contribution in [0.25, 0.3) is 0 Å². The molecule has 0 aromatic heterocycles. The topological polar surface area (TPSA) is 0 Å². The summed E-state index contributed by atoms with van der Waals surface area (Å²) in [5.41, 5.74) is 1.53. The predicted octanol–water partition coefficient (Wildman–Crippen LogP) is 7.97. The number of benzene rings is 1. The molecular weight excluding hydrogens is 356 g/mol. The summed E-state index contributed by atoms with van der Waals surface area (Å²) in [6.07, 6.45) is 14.9. The van der Waals surface area contributed by atoms with Crippen molar-refractivity contribution in [1.82, 2.24) is 0 Å². The van der Waals surface area contributed by atoms with Gasteiger partial charge in [0.15, 0.2) is 0 Å². The van der Waals surface area contributed by atoms with Crippen LogP contribution in [0.5, 0.6) is 0 Å². The lowest BCUT2D eigenvalue weighted by Gasteiger charge is -2.39. The fourth-order valence-corrected chi connectivity index (χ4v) is 5.78. The van der Waals surface area contributed by atoms with E-state index in [1.165, 1.54) is 74.2 Å². The third kappa shape index (κ3) is 4.65. The quantitative estimate of drug-likeness (QED) is 0.477. The van der Waals surface area contributed by atoms with Gasteiger partial charge in [-0.25, -0.2) is 0 Å². The molecule has 2 saturated carbocycles. The average Bonchev–Trinajstić information content (AvgIpc) is 2.63. The first kappa shape index (κ1) is 18.5. The fourth-order valence-electron chi connectivity index (χ4n) is 5.51. The van der Waals surface area contributed by atoms with E-state index in [0.29, 0.717) is 0 Å². The molecule has 1 aromatic carbocycles. The third-order valence-electron chi connectivity index (χ3n) is 7.17. The molecule has 0 spiro atoms. The number of rotatable bonds is 5. The van der Waals surface area contributed by atoms with Gasteiger partial charge in [-0.3, -0.25) is 0 Å². The van der Waals surface area contributed by atoms with E-state index in [4.69, 9.17) is 0 Å². The van der Waals surface area contributed by atoms with Crippen molar-refractivity contribution in [2.24, 2.45) is 23.7 Å². The highest BCUT2D eigenvalue weighted by molar-refractivity contribution is 9.10. The first-order valence-corrected chi connectivity index (χ1v) is 11.2. The molecule has 2 aliphatic carbocycles. The molecule has 0 aliphatic heterocycles. The van der Waals surface area contributed by atoms with Crippen LogP contribution in [0.4, 0.5) is 0 Å². The van der Waals surface area contributed by atoms with Crippen LogP contribution < -0.4 is 0 Å². The van der Waals surface area contributed by atoms with Gasteiger partial charge < -0.3 is 0 Å². The Bertz CT molecular complexity index is 475. The minimum Gasteiger partial charge on any atom is -0.0654 e. The first-order valence-electron chi connectivity index (χ1n) is 10.4. The summed E-state index contributed by atoms with van der Waals surface area (Å²) >= 11 is 3.56. The predicted molar refractivity (Wildman–Crippen MR) is 108 cm³/mol. The number of halogens is 1. The lowest BCUT2D eigenvalue weighted by Crippen LogP contribution is -2.27. The van der Waals surface area contributed by atoms with Crippen molar-refractivity contribution < 1.29 is 0 Å². The summed E-state index contributed by atoms with van der Waals surface area (Å²) in [6.45, 7) is 4.80. The molecule has 1 aromatic rings. The van der Waals surface area contributed by atoms with E-state index in [1.54, 1.807) is 0 Å². The number of hydrogen-bond acceptors (Lipinski definition) is 0. The molecule has 0 nitrogen and oxygen atoms in total. The molecule has 3 rings (SSSR count). The Hall–Kier alpha value is -0.300. The highest BCUT2D eigenvalue weighted by Crippen LogP contribution is 2.45. The summed E-state index contributed by atoms with van der Waals surface area (Å²) in [7, 11) is 0. The van der Waals surface area contributed by atoms with E-state index in [9.17, 15) is 0 Å². The summed E-state index contributed by atoms with van der Waals surface area (Å²) in [6, 6.07) is 9.03. The Morgan fingerprint density at radius 1 is 0.875 bits per heavy atom. The monoisotopic (exact) mass is 390 g/mol. The van der Waals surface area contributed by atoms with Crippen LogP contribution in [0, 0.1) is 23.7 Å². The zero-order valence-electron chi connectivity index (χ0n) is 15.6. The first-order chi connectivity index (χ1) is 11.7. The van der Waals surface area contributed by atoms with Crippen molar-refractivity contribution in [3.8, 4) is 0 Å². The van der Waals surface area contributed by atoms with Crippen LogP contribution in [0.1, 0.15) is 89.5 Å². The second-order valence-electron chi connectivity index (χ2n) is 8.58. The Kier molecular flexibility index (Phi) is 6.84. The molecule has 0 N–H and O–H groups in total. The van der Waals surface area contributed by atoms with Gasteiger partial charge in [-0.2, -0.15) is 0 Å². The summed E-state index contributed by atoms with van der Waals surface area (Å²) in [5, 5.41) is 0. The van der Waals surface area contributed by atoms with Crippen molar-refractivity contribution in [3.05, 3.63) is 34.3 Å². The van der Waals surface area contributed by atoms with Crippen molar-refractivity contribution >= 4 is 15.9 Å². The molecule has 24 heavy (non-hydrogen) atoms. The highest BCUT2D eigenvalue weighted by Gasteiger charge is 2.32. The Labute approximate surface area is 157 Å². The van der Waals surface area contributed by atoms with Gasteiger partial charge in [0.25, 0.3) is 0 Å². The Morgan fingerprint density at radius 2 is 1.42 bits per heavy atom. The van der Waals surface area contributed by atoms with Gasteiger partial charge in [-0.15, -0.1) is 0 Å². The molecule has 1 atom stereocenters. The SMILES string of the molecule is CCCC1CCC(C2CCC(C(C)c3ccc(Br)cc3)CC2)CC1. The van der Waals surface area contributed by atoms with E-state index >= 15 is 0 Å². The maximum absolute atomic E-state index is 3.56. The molecule has 134 valence electrons. The smallest absolute Gasteiger partial charge is 0.0175 e.